The van der Waals surface area contributed by atoms with Crippen LogP contribution >= 0.6 is 23.2 Å². The zero-order chi connectivity index (χ0) is 19.6. The molecule has 2 aromatic carbocycles. The van der Waals surface area contributed by atoms with Crippen LogP contribution in [0.25, 0.3) is 0 Å². The number of nitrogens with one attached hydrogen (secondary N) is 1. The van der Waals surface area contributed by atoms with Crippen LogP contribution in [0.3, 0.4) is 0 Å². The van der Waals surface area contributed by atoms with Crippen molar-refractivity contribution in [2.45, 2.75) is 27.4 Å². The Labute approximate surface area is 167 Å². The van der Waals surface area contributed by atoms with Gasteiger partial charge in [0.2, 0.25) is 0 Å². The molecule has 0 radical (unpaired) electrons. The van der Waals surface area contributed by atoms with Gasteiger partial charge in [0, 0.05) is 5.02 Å². The Morgan fingerprint density at radius 2 is 1.89 bits per heavy atom. The average molecular weight is 405 g/mol. The molecule has 0 saturated carbocycles. The van der Waals surface area contributed by atoms with Crippen LogP contribution in [-0.4, -0.2) is 11.1 Å². The Morgan fingerprint density at radius 1 is 1.11 bits per heavy atom. The monoisotopic (exact) mass is 404 g/mol. The molecule has 1 aromatic heterocycles. The van der Waals surface area contributed by atoms with E-state index in [4.69, 9.17) is 32.5 Å². The molecule has 0 atom stereocenters. The molecule has 1 heterocycles. The number of amides is 1. The van der Waals surface area contributed by atoms with E-state index in [1.165, 1.54) is 5.56 Å². The highest BCUT2D eigenvalue weighted by Crippen LogP contribution is 2.27. The lowest BCUT2D eigenvalue weighted by Crippen LogP contribution is -2.15. The molecular formula is C20H18Cl2N2O3. The first-order valence-electron chi connectivity index (χ1n) is 8.26. The number of nitrogens with zero attached hydrogens (tertiary/aromatic N) is 1. The second-order valence-electron chi connectivity index (χ2n) is 6.18. The number of halogens is 2. The van der Waals surface area contributed by atoms with Crippen molar-refractivity contribution in [2.75, 3.05) is 5.32 Å². The summed E-state index contributed by atoms with van der Waals surface area (Å²) in [6.45, 7) is 5.95. The van der Waals surface area contributed by atoms with Crippen molar-refractivity contribution in [2.24, 2.45) is 0 Å². The number of hydrogen-bond donors (Lipinski definition) is 1. The van der Waals surface area contributed by atoms with E-state index < -0.39 is 5.91 Å². The number of carbonyl (C=O) groups excluding carboxylic acids is 1. The lowest BCUT2D eigenvalue weighted by molar-refractivity contribution is 0.101. The molecule has 0 aliphatic heterocycles. The molecule has 0 spiro atoms. The number of ether oxygens (including phenoxy) is 1. The highest BCUT2D eigenvalue weighted by atomic mass is 35.5. The predicted octanol–water partition coefficient (Wildman–Crippen LogP) is 5.74. The predicted molar refractivity (Wildman–Crippen MR) is 106 cm³/mol. The maximum Gasteiger partial charge on any atom is 0.278 e. The molecule has 0 saturated heterocycles. The maximum absolute atomic E-state index is 12.6. The van der Waals surface area contributed by atoms with E-state index in [9.17, 15) is 4.79 Å². The number of aryl methyl sites for hydroxylation is 3. The van der Waals surface area contributed by atoms with E-state index in [0.29, 0.717) is 32.8 Å². The molecule has 3 rings (SSSR count). The molecule has 0 aliphatic carbocycles. The van der Waals surface area contributed by atoms with Gasteiger partial charge in [-0.3, -0.25) is 4.79 Å². The zero-order valence-corrected chi connectivity index (χ0v) is 16.6. The van der Waals surface area contributed by atoms with E-state index in [2.05, 4.69) is 10.5 Å². The summed E-state index contributed by atoms with van der Waals surface area (Å²) in [6.07, 6.45) is 0. The molecule has 140 valence electrons. The Kier molecular flexibility index (Phi) is 5.73. The van der Waals surface area contributed by atoms with E-state index in [1.54, 1.807) is 25.1 Å². The summed E-state index contributed by atoms with van der Waals surface area (Å²) < 4.78 is 11.0. The van der Waals surface area contributed by atoms with Gasteiger partial charge in [-0.1, -0.05) is 34.4 Å². The van der Waals surface area contributed by atoms with E-state index >= 15 is 0 Å². The van der Waals surface area contributed by atoms with Crippen molar-refractivity contribution >= 4 is 34.8 Å². The fourth-order valence-electron chi connectivity index (χ4n) is 2.47. The molecule has 0 aliphatic rings. The topological polar surface area (TPSA) is 64.4 Å². The van der Waals surface area contributed by atoms with Crippen molar-refractivity contribution < 1.29 is 14.1 Å². The summed E-state index contributed by atoms with van der Waals surface area (Å²) in [4.78, 5) is 12.6. The summed E-state index contributed by atoms with van der Waals surface area (Å²) in [6, 6.07) is 10.6. The van der Waals surface area contributed by atoms with Gasteiger partial charge in [0.1, 0.15) is 18.1 Å². The average Bonchev–Trinajstić information content (AvgIpc) is 2.99. The largest absolute Gasteiger partial charge is 0.489 e. The first-order valence-corrected chi connectivity index (χ1v) is 9.02. The standard InChI is InChI=1S/C20H18Cl2N2O3/c1-11-4-6-15(8-12(11)2)26-10-16-13(3)27-24-19(16)20(25)23-18-7-5-14(21)9-17(18)22/h4-9H,10H2,1-3H3,(H,23,25). The first-order chi connectivity index (χ1) is 12.8. The number of hydrogen-bond acceptors (Lipinski definition) is 4. The van der Waals surface area contributed by atoms with Crippen LogP contribution < -0.4 is 10.1 Å². The highest BCUT2D eigenvalue weighted by molar-refractivity contribution is 6.36. The van der Waals surface area contributed by atoms with E-state index in [-0.39, 0.29) is 12.3 Å². The van der Waals surface area contributed by atoms with Gasteiger partial charge in [0.25, 0.3) is 5.91 Å². The van der Waals surface area contributed by atoms with Gasteiger partial charge in [-0.15, -0.1) is 0 Å². The summed E-state index contributed by atoms with van der Waals surface area (Å²) >= 11 is 12.0. The Morgan fingerprint density at radius 3 is 2.59 bits per heavy atom. The number of carbonyl (C=O) groups is 1. The Hall–Kier alpha value is -2.50. The summed E-state index contributed by atoms with van der Waals surface area (Å²) in [5.74, 6) is 0.798. The molecule has 0 bridgehead atoms. The van der Waals surface area contributed by atoms with Crippen molar-refractivity contribution in [1.29, 1.82) is 0 Å². The SMILES string of the molecule is Cc1ccc(OCc2c(C(=O)Nc3ccc(Cl)cc3Cl)noc2C)cc1C. The smallest absolute Gasteiger partial charge is 0.278 e. The first kappa shape index (κ1) is 19.3. The van der Waals surface area contributed by atoms with Gasteiger partial charge in [-0.25, -0.2) is 0 Å². The van der Waals surface area contributed by atoms with Crippen molar-refractivity contribution in [3.63, 3.8) is 0 Å². The lowest BCUT2D eigenvalue weighted by Gasteiger charge is -2.09. The van der Waals surface area contributed by atoms with Gasteiger partial charge in [-0.05, 0) is 62.2 Å². The zero-order valence-electron chi connectivity index (χ0n) is 15.1. The van der Waals surface area contributed by atoms with E-state index in [1.807, 2.05) is 32.0 Å². The minimum absolute atomic E-state index is 0.155. The molecule has 0 unspecified atom stereocenters. The summed E-state index contributed by atoms with van der Waals surface area (Å²) in [7, 11) is 0. The van der Waals surface area contributed by atoms with Crippen molar-refractivity contribution in [3.8, 4) is 5.75 Å². The van der Waals surface area contributed by atoms with Crippen LogP contribution in [0.1, 0.15) is 32.9 Å². The number of anilines is 1. The fraction of sp³-hybridized carbons (Fsp3) is 0.200. The Bertz CT molecular complexity index is 999. The van der Waals surface area contributed by atoms with Crippen LogP contribution in [0, 0.1) is 20.8 Å². The fourth-order valence-corrected chi connectivity index (χ4v) is 2.93. The molecule has 7 heteroatoms. The third-order valence-corrected chi connectivity index (χ3v) is 4.79. The van der Waals surface area contributed by atoms with Gasteiger partial charge >= 0.3 is 0 Å². The number of aromatic nitrogens is 1. The third kappa shape index (κ3) is 4.43. The quantitative estimate of drug-likeness (QED) is 0.588. The van der Waals surface area contributed by atoms with Crippen molar-refractivity contribution in [1.82, 2.24) is 5.16 Å². The molecule has 0 fully saturated rings. The molecule has 5 nitrogen and oxygen atoms in total. The highest BCUT2D eigenvalue weighted by Gasteiger charge is 2.21. The molecule has 27 heavy (non-hydrogen) atoms. The van der Waals surface area contributed by atoms with Crippen LogP contribution in [0.5, 0.6) is 5.75 Å². The molecule has 1 N–H and O–H groups in total. The van der Waals surface area contributed by atoms with Crippen molar-refractivity contribution in [3.05, 3.63) is 74.6 Å². The van der Waals surface area contributed by atoms with Gasteiger partial charge in [0.15, 0.2) is 5.69 Å². The molecule has 3 aromatic rings. The van der Waals surface area contributed by atoms with Gasteiger partial charge in [-0.2, -0.15) is 0 Å². The van der Waals surface area contributed by atoms with Crippen LogP contribution in [-0.2, 0) is 6.61 Å². The second kappa shape index (κ2) is 8.03. The Balaban J connectivity index is 1.77. The summed E-state index contributed by atoms with van der Waals surface area (Å²) in [5.41, 5.74) is 3.49. The molecule has 1 amide bonds. The van der Waals surface area contributed by atoms with Gasteiger partial charge in [0.05, 0.1) is 16.3 Å². The van der Waals surface area contributed by atoms with Crippen LogP contribution in [0.2, 0.25) is 10.0 Å². The lowest BCUT2D eigenvalue weighted by atomic mass is 10.1. The second-order valence-corrected chi connectivity index (χ2v) is 7.02. The maximum atomic E-state index is 12.6. The minimum Gasteiger partial charge on any atom is -0.489 e. The van der Waals surface area contributed by atoms with Gasteiger partial charge < -0.3 is 14.6 Å². The molecular weight excluding hydrogens is 387 g/mol. The normalized spacial score (nSPS) is 10.7. The van der Waals surface area contributed by atoms with Crippen LogP contribution in [0.4, 0.5) is 5.69 Å². The van der Waals surface area contributed by atoms with E-state index in [0.717, 1.165) is 5.56 Å². The number of rotatable bonds is 5. The third-order valence-electron chi connectivity index (χ3n) is 4.24. The van der Waals surface area contributed by atoms with Crippen LogP contribution in [0.15, 0.2) is 40.9 Å². The summed E-state index contributed by atoms with van der Waals surface area (Å²) in [5, 5.41) is 7.40. The minimum atomic E-state index is -0.435. The number of benzene rings is 2.